The second-order valence-electron chi connectivity index (χ2n) is 5.91. The Bertz CT molecular complexity index is 1120. The van der Waals surface area contributed by atoms with E-state index in [0.717, 1.165) is 0 Å². The SMILES string of the molecule is CCS(=O)(=O)c1cccc(Nc2cc(Nc3cccc(C(N)=O)c3)ncn2)c1. The molecule has 0 saturated heterocycles. The van der Waals surface area contributed by atoms with Crippen molar-refractivity contribution in [2.24, 2.45) is 5.73 Å². The number of amides is 1. The molecule has 0 aliphatic heterocycles. The Hall–Kier alpha value is -3.46. The van der Waals surface area contributed by atoms with E-state index in [1.54, 1.807) is 61.5 Å². The molecule has 0 aliphatic carbocycles. The zero-order chi connectivity index (χ0) is 20.1. The van der Waals surface area contributed by atoms with Gasteiger partial charge in [-0.2, -0.15) is 0 Å². The fraction of sp³-hybridized carbons (Fsp3) is 0.105. The summed E-state index contributed by atoms with van der Waals surface area (Å²) in [6.07, 6.45) is 1.37. The zero-order valence-electron chi connectivity index (χ0n) is 15.1. The van der Waals surface area contributed by atoms with E-state index >= 15 is 0 Å². The fourth-order valence-corrected chi connectivity index (χ4v) is 3.40. The minimum Gasteiger partial charge on any atom is -0.366 e. The van der Waals surface area contributed by atoms with Crippen LogP contribution in [0.3, 0.4) is 0 Å². The van der Waals surface area contributed by atoms with Crippen molar-refractivity contribution in [1.82, 2.24) is 9.97 Å². The lowest BCUT2D eigenvalue weighted by Gasteiger charge is -2.10. The second-order valence-corrected chi connectivity index (χ2v) is 8.19. The minimum absolute atomic E-state index is 0.0302. The molecule has 0 saturated carbocycles. The summed E-state index contributed by atoms with van der Waals surface area (Å²) < 4.78 is 24.1. The number of carbonyl (C=O) groups excluding carboxylic acids is 1. The number of carbonyl (C=O) groups is 1. The number of anilines is 4. The average molecular weight is 397 g/mol. The number of benzene rings is 2. The van der Waals surface area contributed by atoms with Crippen molar-refractivity contribution in [3.05, 3.63) is 66.5 Å². The summed E-state index contributed by atoms with van der Waals surface area (Å²) in [5, 5.41) is 6.14. The topological polar surface area (TPSA) is 127 Å². The molecule has 0 radical (unpaired) electrons. The summed E-state index contributed by atoms with van der Waals surface area (Å²) in [6.45, 7) is 1.60. The van der Waals surface area contributed by atoms with Crippen molar-refractivity contribution in [3.8, 4) is 0 Å². The van der Waals surface area contributed by atoms with Gasteiger partial charge in [0.25, 0.3) is 0 Å². The summed E-state index contributed by atoms with van der Waals surface area (Å²) >= 11 is 0. The first-order valence-corrected chi connectivity index (χ1v) is 10.1. The van der Waals surface area contributed by atoms with E-state index in [2.05, 4.69) is 20.6 Å². The highest BCUT2D eigenvalue weighted by Crippen LogP contribution is 2.22. The maximum absolute atomic E-state index is 12.0. The van der Waals surface area contributed by atoms with Crippen LogP contribution >= 0.6 is 0 Å². The number of aromatic nitrogens is 2. The first-order valence-electron chi connectivity index (χ1n) is 8.46. The molecule has 28 heavy (non-hydrogen) atoms. The van der Waals surface area contributed by atoms with Gasteiger partial charge in [0.1, 0.15) is 18.0 Å². The normalized spacial score (nSPS) is 11.0. The van der Waals surface area contributed by atoms with Gasteiger partial charge < -0.3 is 16.4 Å². The quantitative estimate of drug-likeness (QED) is 0.559. The molecular weight excluding hydrogens is 378 g/mol. The Balaban J connectivity index is 1.80. The van der Waals surface area contributed by atoms with Crippen LogP contribution in [-0.4, -0.2) is 30.0 Å². The van der Waals surface area contributed by atoms with E-state index in [1.807, 2.05) is 0 Å². The van der Waals surface area contributed by atoms with E-state index in [9.17, 15) is 13.2 Å². The Morgan fingerprint density at radius 3 is 2.18 bits per heavy atom. The molecule has 4 N–H and O–H groups in total. The van der Waals surface area contributed by atoms with Crippen molar-refractivity contribution in [1.29, 1.82) is 0 Å². The zero-order valence-corrected chi connectivity index (χ0v) is 15.9. The van der Waals surface area contributed by atoms with Gasteiger partial charge in [0, 0.05) is 23.0 Å². The number of nitrogens with two attached hydrogens (primary N) is 1. The molecule has 2 aromatic carbocycles. The minimum atomic E-state index is -3.30. The third-order valence-electron chi connectivity index (χ3n) is 3.93. The van der Waals surface area contributed by atoms with Gasteiger partial charge >= 0.3 is 0 Å². The molecule has 1 aromatic heterocycles. The molecule has 8 nitrogen and oxygen atoms in total. The van der Waals surface area contributed by atoms with E-state index in [4.69, 9.17) is 5.73 Å². The lowest BCUT2D eigenvalue weighted by Crippen LogP contribution is -2.10. The summed E-state index contributed by atoms with van der Waals surface area (Å²) in [6, 6.07) is 14.9. The maximum atomic E-state index is 12.0. The summed E-state index contributed by atoms with van der Waals surface area (Å²) in [4.78, 5) is 19.8. The molecule has 0 spiro atoms. The van der Waals surface area contributed by atoms with Crippen LogP contribution in [0, 0.1) is 0 Å². The van der Waals surface area contributed by atoms with E-state index < -0.39 is 15.7 Å². The van der Waals surface area contributed by atoms with Gasteiger partial charge in [-0.25, -0.2) is 18.4 Å². The van der Waals surface area contributed by atoms with Crippen LogP contribution < -0.4 is 16.4 Å². The smallest absolute Gasteiger partial charge is 0.248 e. The first kappa shape index (κ1) is 19.3. The summed E-state index contributed by atoms with van der Waals surface area (Å²) in [5.74, 6) is 0.490. The average Bonchev–Trinajstić information content (AvgIpc) is 2.68. The summed E-state index contributed by atoms with van der Waals surface area (Å²) in [5.41, 5.74) is 6.92. The van der Waals surface area contributed by atoms with Crippen LogP contribution in [-0.2, 0) is 9.84 Å². The molecule has 9 heteroatoms. The van der Waals surface area contributed by atoms with Crippen molar-refractivity contribution >= 4 is 38.8 Å². The number of sulfone groups is 1. The van der Waals surface area contributed by atoms with Gasteiger partial charge in [-0.3, -0.25) is 4.79 Å². The Labute approximate surface area is 162 Å². The molecule has 0 fully saturated rings. The van der Waals surface area contributed by atoms with Crippen LogP contribution in [0.5, 0.6) is 0 Å². The van der Waals surface area contributed by atoms with Crippen molar-refractivity contribution in [2.45, 2.75) is 11.8 Å². The number of rotatable bonds is 7. The third-order valence-corrected chi connectivity index (χ3v) is 5.66. The number of nitrogens with one attached hydrogen (secondary N) is 2. The van der Waals surface area contributed by atoms with Gasteiger partial charge in [0.05, 0.1) is 10.6 Å². The molecule has 3 aromatic rings. The van der Waals surface area contributed by atoms with Crippen molar-refractivity contribution < 1.29 is 13.2 Å². The number of hydrogen-bond acceptors (Lipinski definition) is 7. The van der Waals surface area contributed by atoms with E-state index in [0.29, 0.717) is 28.6 Å². The number of nitrogens with zero attached hydrogens (tertiary/aromatic N) is 2. The highest BCUT2D eigenvalue weighted by Gasteiger charge is 2.12. The Morgan fingerprint density at radius 1 is 0.964 bits per heavy atom. The lowest BCUT2D eigenvalue weighted by atomic mass is 10.2. The second kappa shape index (κ2) is 8.05. The molecule has 0 unspecified atom stereocenters. The van der Waals surface area contributed by atoms with Gasteiger partial charge in [-0.05, 0) is 36.4 Å². The summed E-state index contributed by atoms with van der Waals surface area (Å²) in [7, 11) is -3.30. The molecule has 0 atom stereocenters. The molecule has 144 valence electrons. The van der Waals surface area contributed by atoms with Crippen LogP contribution in [0.4, 0.5) is 23.0 Å². The Kier molecular flexibility index (Phi) is 5.55. The van der Waals surface area contributed by atoms with Gasteiger partial charge in [-0.1, -0.05) is 19.1 Å². The fourth-order valence-electron chi connectivity index (χ4n) is 2.47. The van der Waals surface area contributed by atoms with Crippen LogP contribution in [0.1, 0.15) is 17.3 Å². The molecule has 0 aliphatic rings. The number of primary amides is 1. The predicted molar refractivity (Wildman–Crippen MR) is 108 cm³/mol. The van der Waals surface area contributed by atoms with E-state index in [-0.39, 0.29) is 10.6 Å². The Morgan fingerprint density at radius 2 is 1.57 bits per heavy atom. The van der Waals surface area contributed by atoms with Crippen LogP contribution in [0.15, 0.2) is 65.8 Å². The largest absolute Gasteiger partial charge is 0.366 e. The molecule has 0 bridgehead atoms. The molecule has 3 rings (SSSR count). The van der Waals surface area contributed by atoms with Crippen molar-refractivity contribution in [2.75, 3.05) is 16.4 Å². The first-order chi connectivity index (χ1) is 13.4. The third kappa shape index (κ3) is 4.63. The maximum Gasteiger partial charge on any atom is 0.248 e. The predicted octanol–water partition coefficient (Wildman–Crippen LogP) is 2.86. The van der Waals surface area contributed by atoms with E-state index in [1.165, 1.54) is 6.33 Å². The highest BCUT2D eigenvalue weighted by molar-refractivity contribution is 7.91. The highest BCUT2D eigenvalue weighted by atomic mass is 32.2. The van der Waals surface area contributed by atoms with Crippen LogP contribution in [0.25, 0.3) is 0 Å². The standard InChI is InChI=1S/C19H19N5O3S/c1-2-28(26,27)16-8-4-7-15(10-16)24-18-11-17(21-12-22-18)23-14-6-3-5-13(9-14)19(20)25/h3-12H,2H2,1H3,(H2,20,25)(H2,21,22,23,24). The van der Waals surface area contributed by atoms with Gasteiger partial charge in [0.15, 0.2) is 9.84 Å². The molecule has 1 amide bonds. The van der Waals surface area contributed by atoms with Gasteiger partial charge in [0.2, 0.25) is 5.91 Å². The van der Waals surface area contributed by atoms with Crippen LogP contribution in [0.2, 0.25) is 0 Å². The number of hydrogen-bond donors (Lipinski definition) is 3. The van der Waals surface area contributed by atoms with Crippen molar-refractivity contribution in [3.63, 3.8) is 0 Å². The van der Waals surface area contributed by atoms with Gasteiger partial charge in [-0.15, -0.1) is 0 Å². The molecular formula is C19H19N5O3S. The monoisotopic (exact) mass is 397 g/mol. The lowest BCUT2D eigenvalue weighted by molar-refractivity contribution is 0.100. The molecule has 1 heterocycles.